The topological polar surface area (TPSA) is 92.1 Å². The Kier molecular flexibility index (Phi) is 4.99. The summed E-state index contributed by atoms with van der Waals surface area (Å²) < 4.78 is 21.3. The van der Waals surface area contributed by atoms with Crippen LogP contribution in [0.4, 0.5) is 14.9 Å². The van der Waals surface area contributed by atoms with Crippen LogP contribution in [0.3, 0.4) is 0 Å². The number of Topliss-reactive ketones (excluding diaryl/α,β-unsaturated/α-hetero) is 1. The number of carbonyl (C=O) groups excluding carboxylic acids is 1. The van der Waals surface area contributed by atoms with E-state index in [2.05, 4.69) is 4.74 Å². The predicted molar refractivity (Wildman–Crippen MR) is 104 cm³/mol. The van der Waals surface area contributed by atoms with Gasteiger partial charge in [0.2, 0.25) is 5.43 Å². The Morgan fingerprint density at radius 2 is 1.90 bits per heavy atom. The van der Waals surface area contributed by atoms with Gasteiger partial charge >= 0.3 is 6.16 Å². The third kappa shape index (κ3) is 3.95. The van der Waals surface area contributed by atoms with Gasteiger partial charge in [0, 0.05) is 32.2 Å². The van der Waals surface area contributed by atoms with Crippen molar-refractivity contribution in [3.8, 4) is 5.75 Å². The van der Waals surface area contributed by atoms with Crippen molar-refractivity contribution in [1.29, 1.82) is 0 Å². The average Bonchev–Trinajstić information content (AvgIpc) is 3.49. The number of piperazine rings is 1. The van der Waals surface area contributed by atoms with E-state index in [4.69, 9.17) is 5.11 Å². The first-order chi connectivity index (χ1) is 13.8. The second kappa shape index (κ2) is 7.47. The van der Waals surface area contributed by atoms with E-state index in [-0.39, 0.29) is 23.0 Å². The van der Waals surface area contributed by atoms with Crippen molar-refractivity contribution in [2.75, 3.05) is 37.6 Å². The molecule has 2 heterocycles. The molecule has 1 aliphatic carbocycles. The number of ketones is 1. The highest BCUT2D eigenvalue weighted by Crippen LogP contribution is 2.39. The molecule has 0 unspecified atom stereocenters. The second-order valence-corrected chi connectivity index (χ2v) is 7.61. The average molecular weight is 403 g/mol. The number of carboxylic acid groups (broad SMARTS) is 1. The maximum Gasteiger partial charge on any atom is 0.511 e. The Hall–Kier alpha value is -2.94. The number of hydrogen-bond acceptors (Lipinski definition) is 6. The minimum absolute atomic E-state index is 0.100. The summed E-state index contributed by atoms with van der Waals surface area (Å²) in [6.45, 7) is 4.39. The van der Waals surface area contributed by atoms with Gasteiger partial charge in [-0.1, -0.05) is 0 Å². The molecule has 154 valence electrons. The Balaban J connectivity index is 1.71. The van der Waals surface area contributed by atoms with Crippen LogP contribution >= 0.6 is 0 Å². The van der Waals surface area contributed by atoms with E-state index < -0.39 is 17.4 Å². The van der Waals surface area contributed by atoms with Gasteiger partial charge in [-0.15, -0.1) is 0 Å². The monoisotopic (exact) mass is 403 g/mol. The first kappa shape index (κ1) is 19.4. The number of fused-ring (bicyclic) bond motifs is 1. The molecule has 0 radical (unpaired) electrons. The number of hydrogen-bond donors (Lipinski definition) is 1. The van der Waals surface area contributed by atoms with E-state index in [0.717, 1.165) is 12.8 Å². The molecule has 1 aromatic carbocycles. The van der Waals surface area contributed by atoms with Gasteiger partial charge in [-0.05, 0) is 31.9 Å². The van der Waals surface area contributed by atoms with Gasteiger partial charge in [-0.3, -0.25) is 14.5 Å². The predicted octanol–water partition coefficient (Wildman–Crippen LogP) is 2.24. The van der Waals surface area contributed by atoms with Crippen LogP contribution < -0.4 is 15.1 Å². The maximum absolute atomic E-state index is 14.9. The van der Waals surface area contributed by atoms with E-state index in [1.165, 1.54) is 12.3 Å². The summed E-state index contributed by atoms with van der Waals surface area (Å²) in [7, 11) is 0. The van der Waals surface area contributed by atoms with Crippen LogP contribution in [0.5, 0.6) is 5.75 Å². The second-order valence-electron chi connectivity index (χ2n) is 7.61. The molecule has 29 heavy (non-hydrogen) atoms. The number of anilines is 1. The van der Waals surface area contributed by atoms with Crippen LogP contribution in [0.1, 0.15) is 25.8 Å². The van der Waals surface area contributed by atoms with Gasteiger partial charge in [0.05, 0.1) is 29.3 Å². The Labute approximate surface area is 166 Å². The van der Waals surface area contributed by atoms with Crippen LogP contribution in [-0.4, -0.2) is 59.2 Å². The standard InChI is InChI=1S/C20H22FN3O5/c1-12(25)10-22-4-6-23(7-5-22)17-9-16-14(8-15(17)21)19(26)18(29-20(27)28)11-24(16)13-2-3-13/h8-9,11,13H,2-7,10H2,1H3,(H,27,28). The smallest absolute Gasteiger partial charge is 0.449 e. The normalized spacial score (nSPS) is 17.5. The van der Waals surface area contributed by atoms with Crippen molar-refractivity contribution in [2.45, 2.75) is 25.8 Å². The molecule has 1 aliphatic heterocycles. The molecule has 1 aromatic heterocycles. The zero-order valence-electron chi connectivity index (χ0n) is 16.1. The van der Waals surface area contributed by atoms with E-state index in [1.54, 1.807) is 13.0 Å². The lowest BCUT2D eigenvalue weighted by molar-refractivity contribution is -0.118. The maximum atomic E-state index is 14.9. The quantitative estimate of drug-likeness (QED) is 0.766. The lowest BCUT2D eigenvalue weighted by Gasteiger charge is -2.35. The Morgan fingerprint density at radius 3 is 2.48 bits per heavy atom. The molecular formula is C20H22FN3O5. The largest absolute Gasteiger partial charge is 0.511 e. The van der Waals surface area contributed by atoms with Gasteiger partial charge in [0.25, 0.3) is 0 Å². The van der Waals surface area contributed by atoms with Crippen molar-refractivity contribution < 1.29 is 23.8 Å². The van der Waals surface area contributed by atoms with E-state index in [0.29, 0.717) is 43.9 Å². The van der Waals surface area contributed by atoms with E-state index in [9.17, 15) is 18.8 Å². The summed E-state index contributed by atoms with van der Waals surface area (Å²) in [4.78, 5) is 38.8. The van der Waals surface area contributed by atoms with Crippen molar-refractivity contribution in [3.05, 3.63) is 34.4 Å². The fourth-order valence-corrected chi connectivity index (χ4v) is 3.86. The summed E-state index contributed by atoms with van der Waals surface area (Å²) in [6, 6.07) is 2.97. The molecule has 1 saturated heterocycles. The van der Waals surface area contributed by atoms with Crippen molar-refractivity contribution >= 4 is 28.5 Å². The number of rotatable bonds is 5. The van der Waals surface area contributed by atoms with Crippen LogP contribution in [-0.2, 0) is 4.79 Å². The Bertz CT molecular complexity index is 1040. The number of pyridine rings is 1. The summed E-state index contributed by atoms with van der Waals surface area (Å²) in [5, 5.41) is 8.98. The minimum atomic E-state index is -1.58. The number of carbonyl (C=O) groups is 2. The summed E-state index contributed by atoms with van der Waals surface area (Å²) in [6.07, 6.45) is 1.63. The summed E-state index contributed by atoms with van der Waals surface area (Å²) >= 11 is 0. The Morgan fingerprint density at radius 1 is 1.21 bits per heavy atom. The van der Waals surface area contributed by atoms with Crippen LogP contribution in [0.2, 0.25) is 0 Å². The molecule has 2 aliphatic rings. The molecule has 0 atom stereocenters. The molecule has 1 saturated carbocycles. The number of aromatic nitrogens is 1. The zero-order valence-corrected chi connectivity index (χ0v) is 16.1. The van der Waals surface area contributed by atoms with Crippen LogP contribution in [0.15, 0.2) is 23.1 Å². The minimum Gasteiger partial charge on any atom is -0.449 e. The van der Waals surface area contributed by atoms with Gasteiger partial charge in [-0.25, -0.2) is 9.18 Å². The first-order valence-electron chi connectivity index (χ1n) is 9.59. The number of nitrogens with zero attached hydrogens (tertiary/aromatic N) is 3. The molecule has 2 fully saturated rings. The van der Waals surface area contributed by atoms with Gasteiger partial charge in [0.15, 0.2) is 5.75 Å². The highest BCUT2D eigenvalue weighted by Gasteiger charge is 2.28. The van der Waals surface area contributed by atoms with Crippen molar-refractivity contribution in [1.82, 2.24) is 9.47 Å². The molecule has 0 bridgehead atoms. The highest BCUT2D eigenvalue weighted by molar-refractivity contribution is 5.85. The molecule has 4 rings (SSSR count). The fourth-order valence-electron chi connectivity index (χ4n) is 3.86. The third-order valence-corrected chi connectivity index (χ3v) is 5.36. The zero-order chi connectivity index (χ0) is 20.7. The third-order valence-electron chi connectivity index (χ3n) is 5.36. The number of ether oxygens (including phenoxy) is 1. The summed E-state index contributed by atoms with van der Waals surface area (Å²) in [5.74, 6) is -0.755. The fraction of sp³-hybridized carbons (Fsp3) is 0.450. The summed E-state index contributed by atoms with van der Waals surface area (Å²) in [5.41, 5.74) is 0.328. The van der Waals surface area contributed by atoms with E-state index >= 15 is 0 Å². The first-order valence-corrected chi connectivity index (χ1v) is 9.59. The van der Waals surface area contributed by atoms with Crippen LogP contribution in [0.25, 0.3) is 10.9 Å². The molecule has 1 N–H and O–H groups in total. The SMILES string of the molecule is CC(=O)CN1CCN(c2cc3c(cc2F)c(=O)c(OC(=O)O)cn3C2CC2)CC1. The molecular weight excluding hydrogens is 381 g/mol. The molecule has 0 spiro atoms. The number of halogens is 1. The van der Waals surface area contributed by atoms with Crippen molar-refractivity contribution in [2.24, 2.45) is 0 Å². The van der Waals surface area contributed by atoms with Gasteiger partial charge in [-0.2, -0.15) is 0 Å². The highest BCUT2D eigenvalue weighted by atomic mass is 19.1. The molecule has 8 nitrogen and oxygen atoms in total. The molecule has 9 heteroatoms. The van der Waals surface area contributed by atoms with Crippen molar-refractivity contribution in [3.63, 3.8) is 0 Å². The lowest BCUT2D eigenvalue weighted by Crippen LogP contribution is -2.48. The molecule has 2 aromatic rings. The molecule has 0 amide bonds. The van der Waals surface area contributed by atoms with Gasteiger partial charge < -0.3 is 19.3 Å². The van der Waals surface area contributed by atoms with E-state index in [1.807, 2.05) is 14.4 Å². The number of benzene rings is 1. The lowest BCUT2D eigenvalue weighted by atomic mass is 10.1. The van der Waals surface area contributed by atoms with Crippen LogP contribution in [0, 0.1) is 5.82 Å². The van der Waals surface area contributed by atoms with Gasteiger partial charge in [0.1, 0.15) is 11.6 Å².